The maximum atomic E-state index is 10.3. The summed E-state index contributed by atoms with van der Waals surface area (Å²) in [7, 11) is 0. The highest BCUT2D eigenvalue weighted by Gasteiger charge is 2.05. The minimum atomic E-state index is -0.692. The second kappa shape index (κ2) is 8.72. The molecule has 0 amide bonds. The predicted octanol–water partition coefficient (Wildman–Crippen LogP) is 2.66. The molecule has 0 saturated carbocycles. The molecule has 3 nitrogen and oxygen atoms in total. The van der Waals surface area contributed by atoms with Gasteiger partial charge in [0.15, 0.2) is 0 Å². The van der Waals surface area contributed by atoms with Gasteiger partial charge in [0.25, 0.3) is 0 Å². The van der Waals surface area contributed by atoms with Crippen LogP contribution in [0, 0.1) is 5.92 Å². The second-order valence-corrected chi connectivity index (χ2v) is 4.46. The summed E-state index contributed by atoms with van der Waals surface area (Å²) >= 11 is 0. The van der Waals surface area contributed by atoms with Gasteiger partial charge in [0.1, 0.15) is 0 Å². The Labute approximate surface area is 93.3 Å². The van der Waals surface area contributed by atoms with Crippen LogP contribution in [-0.2, 0) is 4.79 Å². The van der Waals surface area contributed by atoms with Crippen molar-refractivity contribution in [2.24, 2.45) is 5.92 Å². The average Bonchev–Trinajstić information content (AvgIpc) is 2.16. The van der Waals surface area contributed by atoms with E-state index in [0.717, 1.165) is 25.3 Å². The Hall–Kier alpha value is -0.570. The van der Waals surface area contributed by atoms with Gasteiger partial charge in [-0.15, -0.1) is 0 Å². The summed E-state index contributed by atoms with van der Waals surface area (Å²) in [5.74, 6) is 0.0779. The number of rotatable bonds is 9. The van der Waals surface area contributed by atoms with Gasteiger partial charge in [0.05, 0.1) is 0 Å². The van der Waals surface area contributed by atoms with Crippen LogP contribution in [0.1, 0.15) is 52.9 Å². The summed E-state index contributed by atoms with van der Waals surface area (Å²) < 4.78 is 0. The standard InChI is InChI=1S/C12H25NO2/c1-4-10(2)9-11(3)13-8-6-5-7-12(14)15/h10-11,13H,4-9H2,1-3H3,(H,14,15). The third-order valence-electron chi connectivity index (χ3n) is 2.76. The van der Waals surface area contributed by atoms with Crippen LogP contribution < -0.4 is 5.32 Å². The smallest absolute Gasteiger partial charge is 0.303 e. The third-order valence-corrected chi connectivity index (χ3v) is 2.76. The molecule has 0 aromatic rings. The first-order chi connectivity index (χ1) is 7.06. The Morgan fingerprint density at radius 1 is 1.33 bits per heavy atom. The number of carboxylic acids is 1. The van der Waals surface area contributed by atoms with Gasteiger partial charge in [0, 0.05) is 12.5 Å². The molecule has 0 bridgehead atoms. The van der Waals surface area contributed by atoms with Crippen LogP contribution in [0.25, 0.3) is 0 Å². The van der Waals surface area contributed by atoms with Gasteiger partial charge in [-0.1, -0.05) is 20.3 Å². The third kappa shape index (κ3) is 9.73. The normalized spacial score (nSPS) is 14.9. The molecule has 2 unspecified atom stereocenters. The van der Waals surface area contributed by atoms with E-state index in [1.54, 1.807) is 0 Å². The number of hydrogen-bond donors (Lipinski definition) is 2. The highest BCUT2D eigenvalue weighted by Crippen LogP contribution is 2.09. The fourth-order valence-corrected chi connectivity index (χ4v) is 1.60. The van der Waals surface area contributed by atoms with E-state index in [1.165, 1.54) is 12.8 Å². The van der Waals surface area contributed by atoms with Gasteiger partial charge in [-0.05, 0) is 38.6 Å². The van der Waals surface area contributed by atoms with Crippen LogP contribution in [0.4, 0.5) is 0 Å². The first-order valence-corrected chi connectivity index (χ1v) is 6.01. The number of nitrogens with one attached hydrogen (secondary N) is 1. The van der Waals surface area contributed by atoms with Gasteiger partial charge < -0.3 is 10.4 Å². The quantitative estimate of drug-likeness (QED) is 0.581. The van der Waals surface area contributed by atoms with E-state index in [0.29, 0.717) is 12.5 Å². The molecule has 0 aliphatic rings. The van der Waals surface area contributed by atoms with Crippen molar-refractivity contribution in [2.45, 2.75) is 58.9 Å². The number of aliphatic carboxylic acids is 1. The summed E-state index contributed by atoms with van der Waals surface area (Å²) in [5, 5.41) is 11.9. The number of carboxylic acid groups (broad SMARTS) is 1. The zero-order valence-electron chi connectivity index (χ0n) is 10.3. The molecule has 0 radical (unpaired) electrons. The zero-order valence-corrected chi connectivity index (χ0v) is 10.3. The topological polar surface area (TPSA) is 49.3 Å². The molecule has 0 fully saturated rings. The first kappa shape index (κ1) is 14.4. The molecule has 0 heterocycles. The summed E-state index contributed by atoms with van der Waals surface area (Å²) in [6, 6.07) is 0.546. The van der Waals surface area contributed by atoms with E-state index in [9.17, 15) is 4.79 Å². The largest absolute Gasteiger partial charge is 0.481 e. The van der Waals surface area contributed by atoms with Crippen LogP contribution in [0.3, 0.4) is 0 Å². The van der Waals surface area contributed by atoms with Crippen molar-refractivity contribution in [3.8, 4) is 0 Å². The summed E-state index contributed by atoms with van der Waals surface area (Å²) in [6.45, 7) is 7.61. The van der Waals surface area contributed by atoms with E-state index < -0.39 is 5.97 Å². The van der Waals surface area contributed by atoms with Crippen LogP contribution in [0.2, 0.25) is 0 Å². The van der Waals surface area contributed by atoms with Crippen molar-refractivity contribution < 1.29 is 9.90 Å². The lowest BCUT2D eigenvalue weighted by atomic mass is 10.0. The Bertz CT molecular complexity index is 171. The first-order valence-electron chi connectivity index (χ1n) is 6.01. The summed E-state index contributed by atoms with van der Waals surface area (Å²) in [5.41, 5.74) is 0. The molecule has 0 rings (SSSR count). The second-order valence-electron chi connectivity index (χ2n) is 4.46. The van der Waals surface area contributed by atoms with Crippen LogP contribution in [0.15, 0.2) is 0 Å². The molecular formula is C12H25NO2. The van der Waals surface area contributed by atoms with E-state index in [-0.39, 0.29) is 0 Å². The molecule has 2 N–H and O–H groups in total. The molecule has 0 aromatic carbocycles. The lowest BCUT2D eigenvalue weighted by Gasteiger charge is -2.17. The summed E-state index contributed by atoms with van der Waals surface area (Å²) in [6.07, 6.45) is 4.46. The summed E-state index contributed by atoms with van der Waals surface area (Å²) in [4.78, 5) is 10.3. The molecule has 0 spiro atoms. The molecule has 0 aliphatic carbocycles. The molecule has 90 valence electrons. The maximum Gasteiger partial charge on any atom is 0.303 e. The van der Waals surface area contributed by atoms with Gasteiger partial charge >= 0.3 is 5.97 Å². The van der Waals surface area contributed by atoms with Crippen molar-refractivity contribution in [1.29, 1.82) is 0 Å². The molecule has 0 saturated heterocycles. The Morgan fingerprint density at radius 2 is 2.00 bits per heavy atom. The number of hydrogen-bond acceptors (Lipinski definition) is 2. The number of carbonyl (C=O) groups is 1. The van der Waals surface area contributed by atoms with Gasteiger partial charge in [-0.3, -0.25) is 4.79 Å². The van der Waals surface area contributed by atoms with Crippen molar-refractivity contribution in [1.82, 2.24) is 5.32 Å². The molecule has 3 heteroatoms. The van der Waals surface area contributed by atoms with Crippen molar-refractivity contribution >= 4 is 5.97 Å². The fraction of sp³-hybridized carbons (Fsp3) is 0.917. The zero-order chi connectivity index (χ0) is 11.7. The Morgan fingerprint density at radius 3 is 2.53 bits per heavy atom. The fourth-order valence-electron chi connectivity index (χ4n) is 1.60. The molecule has 0 aliphatic heterocycles. The minimum absolute atomic E-state index is 0.293. The SMILES string of the molecule is CCC(C)CC(C)NCCCCC(=O)O. The number of unbranched alkanes of at least 4 members (excludes halogenated alkanes) is 1. The van der Waals surface area contributed by atoms with E-state index in [1.807, 2.05) is 0 Å². The monoisotopic (exact) mass is 215 g/mol. The van der Waals surface area contributed by atoms with Crippen LogP contribution in [-0.4, -0.2) is 23.7 Å². The van der Waals surface area contributed by atoms with Crippen molar-refractivity contribution in [2.75, 3.05) is 6.54 Å². The molecule has 0 aromatic heterocycles. The van der Waals surface area contributed by atoms with E-state index in [4.69, 9.17) is 5.11 Å². The Balaban J connectivity index is 3.31. The van der Waals surface area contributed by atoms with Crippen molar-refractivity contribution in [3.63, 3.8) is 0 Å². The van der Waals surface area contributed by atoms with Gasteiger partial charge in [-0.2, -0.15) is 0 Å². The lowest BCUT2D eigenvalue weighted by Crippen LogP contribution is -2.28. The Kier molecular flexibility index (Phi) is 8.38. The average molecular weight is 215 g/mol. The van der Waals surface area contributed by atoms with E-state index in [2.05, 4.69) is 26.1 Å². The van der Waals surface area contributed by atoms with Crippen LogP contribution >= 0.6 is 0 Å². The molecule has 2 atom stereocenters. The lowest BCUT2D eigenvalue weighted by molar-refractivity contribution is -0.137. The van der Waals surface area contributed by atoms with Gasteiger partial charge in [-0.25, -0.2) is 0 Å². The van der Waals surface area contributed by atoms with Crippen molar-refractivity contribution in [3.05, 3.63) is 0 Å². The molecule has 15 heavy (non-hydrogen) atoms. The minimum Gasteiger partial charge on any atom is -0.481 e. The van der Waals surface area contributed by atoms with Gasteiger partial charge in [0.2, 0.25) is 0 Å². The highest BCUT2D eigenvalue weighted by atomic mass is 16.4. The maximum absolute atomic E-state index is 10.3. The predicted molar refractivity (Wildman–Crippen MR) is 63.0 cm³/mol. The molecular weight excluding hydrogens is 190 g/mol. The highest BCUT2D eigenvalue weighted by molar-refractivity contribution is 5.66. The van der Waals surface area contributed by atoms with E-state index >= 15 is 0 Å². The van der Waals surface area contributed by atoms with Crippen LogP contribution in [0.5, 0.6) is 0 Å².